The first kappa shape index (κ1) is 50.0. The third-order valence-electron chi connectivity index (χ3n) is 11.6. The second-order valence-electron chi connectivity index (χ2n) is 16.6. The Hall–Kier alpha value is -9.93. The number of azo groups is 2. The lowest BCUT2D eigenvalue weighted by Crippen LogP contribution is -2.14. The SMILES string of the molecule is CCOc1ccc(N=Nc2c(O)c(C(=O)Nc3ccc(NC(=O)c4cc5ccccc5c(N=Nc5ccc(OCC)c(C(=O)Nc6ccccc6)c5)c4O)c(Cl)c3)cc3ccccc23)cc1C(=O)Nc1ccccc1. The van der Waals surface area contributed by atoms with Gasteiger partial charge in [-0.2, -0.15) is 10.2 Å². The van der Waals surface area contributed by atoms with E-state index in [0.717, 1.165) is 0 Å². The number of hydrogen-bond donors (Lipinski definition) is 6. The number of nitrogens with zero attached hydrogens (tertiary/aromatic N) is 4. The van der Waals surface area contributed by atoms with E-state index in [2.05, 4.69) is 41.7 Å². The van der Waals surface area contributed by atoms with Gasteiger partial charge in [-0.15, -0.1) is 10.2 Å². The van der Waals surface area contributed by atoms with Gasteiger partial charge in [0.25, 0.3) is 23.6 Å². The van der Waals surface area contributed by atoms with Gasteiger partial charge in [0.1, 0.15) is 22.9 Å². The molecule has 0 radical (unpaired) electrons. The quantitative estimate of drug-likeness (QED) is 0.0509. The van der Waals surface area contributed by atoms with Gasteiger partial charge in [-0.25, -0.2) is 0 Å². The van der Waals surface area contributed by atoms with Gasteiger partial charge in [-0.1, -0.05) is 96.5 Å². The number of phenolic OH excluding ortho intramolecular Hbond substituents is 2. The van der Waals surface area contributed by atoms with E-state index < -0.39 is 35.1 Å². The number of phenols is 2. The van der Waals surface area contributed by atoms with E-state index in [1.54, 1.807) is 135 Å². The molecule has 0 fully saturated rings. The van der Waals surface area contributed by atoms with Gasteiger partial charge < -0.3 is 41.0 Å². The molecule has 9 aromatic carbocycles. The zero-order chi connectivity index (χ0) is 52.4. The Morgan fingerprint density at radius 3 is 1.31 bits per heavy atom. The monoisotopic (exact) mass is 1020 g/mol. The van der Waals surface area contributed by atoms with Crippen LogP contribution in [0, 0.1) is 0 Å². The summed E-state index contributed by atoms with van der Waals surface area (Å²) in [6.45, 7) is 4.25. The standard InChI is InChI=1S/C58H45ClN8O8/c1-3-74-49-27-24-39(31-43(49)55(70)60-36-17-7-5-8-18-36)64-66-51-41-21-13-11-15-34(41)29-45(53(51)68)57(72)62-38-23-26-48(47(59)33-38)63-58(73)46-30-35-16-12-14-22-42(35)52(54(46)69)67-65-40-25-28-50(75-4-2)44(32-40)56(71)61-37-19-9-6-10-20-37/h5-33,68-69H,3-4H2,1-2H3,(H,60,70)(H,61,71)(H,62,72)(H,63,73). The molecule has 6 N–H and O–H groups in total. The molecule has 0 spiro atoms. The number of aromatic hydroxyl groups is 2. The van der Waals surface area contributed by atoms with Gasteiger partial charge >= 0.3 is 0 Å². The smallest absolute Gasteiger partial charge is 0.259 e. The number of para-hydroxylation sites is 2. The summed E-state index contributed by atoms with van der Waals surface area (Å²) in [4.78, 5) is 54.6. The van der Waals surface area contributed by atoms with E-state index in [0.29, 0.717) is 57.6 Å². The average molecular weight is 1020 g/mol. The van der Waals surface area contributed by atoms with E-state index >= 15 is 0 Å². The fourth-order valence-electron chi connectivity index (χ4n) is 8.00. The van der Waals surface area contributed by atoms with Crippen molar-refractivity contribution in [3.8, 4) is 23.0 Å². The lowest BCUT2D eigenvalue weighted by atomic mass is 10.0. The largest absolute Gasteiger partial charge is 0.505 e. The van der Waals surface area contributed by atoms with Crippen molar-refractivity contribution in [1.29, 1.82) is 0 Å². The molecule has 372 valence electrons. The van der Waals surface area contributed by atoms with Crippen molar-refractivity contribution in [2.75, 3.05) is 34.5 Å². The summed E-state index contributed by atoms with van der Waals surface area (Å²) in [5, 5.41) is 54.1. The van der Waals surface area contributed by atoms with Crippen LogP contribution in [0.4, 0.5) is 45.5 Å². The van der Waals surface area contributed by atoms with Gasteiger partial charge in [0.2, 0.25) is 0 Å². The maximum absolute atomic E-state index is 14.0. The van der Waals surface area contributed by atoms with Gasteiger partial charge in [-0.05, 0) is 116 Å². The van der Waals surface area contributed by atoms with Crippen molar-refractivity contribution in [2.24, 2.45) is 20.5 Å². The second-order valence-corrected chi connectivity index (χ2v) is 17.0. The molecule has 0 unspecified atom stereocenters. The highest BCUT2D eigenvalue weighted by atomic mass is 35.5. The Morgan fingerprint density at radius 2 is 0.853 bits per heavy atom. The number of hydrogen-bond acceptors (Lipinski definition) is 12. The number of carbonyl (C=O) groups excluding carboxylic acids is 4. The second kappa shape index (κ2) is 22.7. The fraction of sp³-hybridized carbons (Fsp3) is 0.0690. The minimum atomic E-state index is -0.728. The molecule has 0 aliphatic heterocycles. The number of fused-ring (bicyclic) bond motifs is 2. The molecule has 0 heterocycles. The third-order valence-corrected chi connectivity index (χ3v) is 11.9. The predicted octanol–water partition coefficient (Wildman–Crippen LogP) is 14.7. The number of benzene rings is 9. The Bertz CT molecular complexity index is 3720. The molecule has 0 aliphatic rings. The van der Waals surface area contributed by atoms with E-state index in [-0.39, 0.29) is 61.4 Å². The van der Waals surface area contributed by atoms with Crippen LogP contribution in [0.5, 0.6) is 23.0 Å². The lowest BCUT2D eigenvalue weighted by Gasteiger charge is -2.14. The van der Waals surface area contributed by atoms with Gasteiger partial charge in [0, 0.05) is 27.8 Å². The first-order valence-corrected chi connectivity index (χ1v) is 23.9. The van der Waals surface area contributed by atoms with Crippen LogP contribution in [-0.2, 0) is 0 Å². The van der Waals surface area contributed by atoms with Crippen molar-refractivity contribution < 1.29 is 38.9 Å². The highest BCUT2D eigenvalue weighted by molar-refractivity contribution is 6.34. The van der Waals surface area contributed by atoms with Crippen LogP contribution in [0.2, 0.25) is 5.02 Å². The number of amides is 4. The van der Waals surface area contributed by atoms with Crippen LogP contribution < -0.4 is 30.7 Å². The van der Waals surface area contributed by atoms with E-state index in [9.17, 15) is 29.4 Å². The van der Waals surface area contributed by atoms with Crippen molar-refractivity contribution >= 4 is 102 Å². The summed E-state index contributed by atoms with van der Waals surface area (Å²) in [7, 11) is 0. The first-order valence-electron chi connectivity index (χ1n) is 23.5. The van der Waals surface area contributed by atoms with Crippen molar-refractivity contribution in [3.05, 3.63) is 203 Å². The fourth-order valence-corrected chi connectivity index (χ4v) is 8.23. The van der Waals surface area contributed by atoms with Crippen LogP contribution in [0.3, 0.4) is 0 Å². The van der Waals surface area contributed by atoms with E-state index in [4.69, 9.17) is 21.1 Å². The van der Waals surface area contributed by atoms with Crippen molar-refractivity contribution in [3.63, 3.8) is 0 Å². The summed E-state index contributed by atoms with van der Waals surface area (Å²) < 4.78 is 11.5. The van der Waals surface area contributed by atoms with Crippen LogP contribution >= 0.6 is 11.6 Å². The van der Waals surface area contributed by atoms with Gasteiger partial charge in [0.15, 0.2) is 11.5 Å². The number of halogens is 1. The number of anilines is 4. The molecule has 17 heteroatoms. The van der Waals surface area contributed by atoms with Crippen LogP contribution in [0.25, 0.3) is 21.5 Å². The van der Waals surface area contributed by atoms with Gasteiger partial charge in [-0.3, -0.25) is 19.2 Å². The molecule has 0 atom stereocenters. The summed E-state index contributed by atoms with van der Waals surface area (Å²) in [6, 6.07) is 48.8. The predicted molar refractivity (Wildman–Crippen MR) is 291 cm³/mol. The molecular weight excluding hydrogens is 972 g/mol. The number of rotatable bonds is 16. The summed E-state index contributed by atoms with van der Waals surface area (Å²) in [5.74, 6) is -2.52. The van der Waals surface area contributed by atoms with Gasteiger partial charge in [0.05, 0.1) is 57.6 Å². The lowest BCUT2D eigenvalue weighted by molar-refractivity contribution is 0.101. The van der Waals surface area contributed by atoms with Crippen LogP contribution in [-0.4, -0.2) is 47.1 Å². The molecule has 0 aliphatic carbocycles. The Labute approximate surface area is 434 Å². The molecule has 0 saturated carbocycles. The molecule has 0 saturated heterocycles. The normalized spacial score (nSPS) is 11.2. The highest BCUT2D eigenvalue weighted by Crippen LogP contribution is 2.42. The number of ether oxygens (including phenoxy) is 2. The molecule has 75 heavy (non-hydrogen) atoms. The number of carbonyl (C=O) groups is 4. The topological polar surface area (TPSA) is 225 Å². The van der Waals surface area contributed by atoms with Crippen LogP contribution in [0.1, 0.15) is 55.3 Å². The molecule has 4 amide bonds. The Balaban J connectivity index is 0.937. The zero-order valence-corrected chi connectivity index (χ0v) is 40.9. The summed E-state index contributed by atoms with van der Waals surface area (Å²) in [5.41, 5.74) is 2.29. The van der Waals surface area contributed by atoms with E-state index in [1.165, 1.54) is 42.5 Å². The van der Waals surface area contributed by atoms with Crippen molar-refractivity contribution in [1.82, 2.24) is 0 Å². The zero-order valence-electron chi connectivity index (χ0n) is 40.2. The molecule has 9 rings (SSSR count). The van der Waals surface area contributed by atoms with E-state index in [1.807, 2.05) is 12.1 Å². The minimum absolute atomic E-state index is 0.00188. The number of nitrogens with one attached hydrogen (secondary N) is 4. The molecule has 0 aromatic heterocycles. The molecule has 9 aromatic rings. The maximum atomic E-state index is 14.0. The maximum Gasteiger partial charge on any atom is 0.259 e. The molecule has 0 bridgehead atoms. The highest BCUT2D eigenvalue weighted by Gasteiger charge is 2.23. The average Bonchev–Trinajstić information content (AvgIpc) is 3.42. The third kappa shape index (κ3) is 11.4. The Kier molecular flexibility index (Phi) is 15.1. The summed E-state index contributed by atoms with van der Waals surface area (Å²) in [6.07, 6.45) is 0. The molecular formula is C58H45ClN8O8. The van der Waals surface area contributed by atoms with Crippen LogP contribution in [0.15, 0.2) is 196 Å². The van der Waals surface area contributed by atoms with Crippen molar-refractivity contribution in [2.45, 2.75) is 13.8 Å². The molecule has 16 nitrogen and oxygen atoms in total. The first-order chi connectivity index (χ1) is 36.5. The summed E-state index contributed by atoms with van der Waals surface area (Å²) >= 11 is 6.71. The minimum Gasteiger partial charge on any atom is -0.505 e. The Morgan fingerprint density at radius 1 is 0.440 bits per heavy atom.